The van der Waals surface area contributed by atoms with Gasteiger partial charge in [-0.15, -0.1) is 0 Å². The van der Waals surface area contributed by atoms with E-state index in [0.717, 1.165) is 5.56 Å². The molecule has 0 unspecified atom stereocenters. The van der Waals surface area contributed by atoms with E-state index < -0.39 is 15.7 Å². The number of nitrogens with one attached hydrogen (secondary N) is 1. The van der Waals surface area contributed by atoms with Crippen LogP contribution in [0.2, 0.25) is 0 Å². The average molecular weight is 501 g/mol. The normalized spacial score (nSPS) is 11.6. The van der Waals surface area contributed by atoms with E-state index in [1.807, 2.05) is 20.8 Å². The third-order valence-corrected chi connectivity index (χ3v) is 6.19. The molecule has 0 heterocycles. The number of hydrogen-bond donors (Lipinski definition) is 1. The molecule has 9 heteroatoms. The summed E-state index contributed by atoms with van der Waals surface area (Å²) in [5.41, 5.74) is 0.724. The molecule has 7 nitrogen and oxygen atoms in total. The Bertz CT molecular complexity index is 1250. The highest BCUT2D eigenvalue weighted by atomic mass is 32.2. The van der Waals surface area contributed by atoms with Crippen molar-refractivity contribution in [3.63, 3.8) is 0 Å². The van der Waals surface area contributed by atoms with E-state index >= 15 is 0 Å². The maximum Gasteiger partial charge on any atom is 0.339 e. The Labute approximate surface area is 205 Å². The number of amides is 2. The SMILES string of the molecule is COc1ccc(S(=O)(=O)Oc2ccccc2CN(Cc2ccc(F)cc2)C(=O)NC(C)(C)C)cc1. The van der Waals surface area contributed by atoms with Crippen molar-refractivity contribution in [1.29, 1.82) is 0 Å². The van der Waals surface area contributed by atoms with E-state index in [9.17, 15) is 17.6 Å². The van der Waals surface area contributed by atoms with E-state index in [0.29, 0.717) is 11.3 Å². The van der Waals surface area contributed by atoms with Gasteiger partial charge in [0.2, 0.25) is 0 Å². The summed E-state index contributed by atoms with van der Waals surface area (Å²) in [4.78, 5) is 14.6. The van der Waals surface area contributed by atoms with Gasteiger partial charge in [0.25, 0.3) is 0 Å². The molecule has 35 heavy (non-hydrogen) atoms. The number of para-hydroxylation sites is 1. The summed E-state index contributed by atoms with van der Waals surface area (Å²) in [6.07, 6.45) is 0. The number of ether oxygens (including phenoxy) is 1. The Morgan fingerprint density at radius 2 is 1.57 bits per heavy atom. The molecule has 0 aliphatic carbocycles. The molecular formula is C26H29FN2O5S. The number of urea groups is 1. The molecule has 0 radical (unpaired) electrons. The molecule has 3 aromatic carbocycles. The summed E-state index contributed by atoms with van der Waals surface area (Å²) in [6.45, 7) is 5.83. The second kappa shape index (κ2) is 10.8. The number of nitrogens with zero attached hydrogens (tertiary/aromatic N) is 1. The largest absolute Gasteiger partial charge is 0.497 e. The van der Waals surface area contributed by atoms with Crippen molar-refractivity contribution in [1.82, 2.24) is 10.2 Å². The maximum atomic E-state index is 13.4. The van der Waals surface area contributed by atoms with Crippen molar-refractivity contribution in [2.45, 2.75) is 44.3 Å². The number of methoxy groups -OCH3 is 1. The third-order valence-electron chi connectivity index (χ3n) is 4.94. The number of carbonyl (C=O) groups is 1. The first-order valence-corrected chi connectivity index (χ1v) is 12.4. The molecular weight excluding hydrogens is 471 g/mol. The minimum absolute atomic E-state index is 0.0262. The van der Waals surface area contributed by atoms with Crippen LogP contribution < -0.4 is 14.2 Å². The van der Waals surface area contributed by atoms with Gasteiger partial charge in [-0.25, -0.2) is 9.18 Å². The highest BCUT2D eigenvalue weighted by Gasteiger charge is 2.23. The summed E-state index contributed by atoms with van der Waals surface area (Å²) >= 11 is 0. The first-order chi connectivity index (χ1) is 16.5. The second-order valence-corrected chi connectivity index (χ2v) is 10.5. The average Bonchev–Trinajstić information content (AvgIpc) is 2.80. The third kappa shape index (κ3) is 7.45. The van der Waals surface area contributed by atoms with Crippen molar-refractivity contribution < 1.29 is 26.5 Å². The fraction of sp³-hybridized carbons (Fsp3) is 0.269. The number of rotatable bonds is 8. The number of benzene rings is 3. The molecule has 1 N–H and O–H groups in total. The van der Waals surface area contributed by atoms with Gasteiger partial charge in [0.1, 0.15) is 22.2 Å². The van der Waals surface area contributed by atoms with Gasteiger partial charge in [-0.3, -0.25) is 0 Å². The van der Waals surface area contributed by atoms with Gasteiger partial charge in [-0.1, -0.05) is 30.3 Å². The van der Waals surface area contributed by atoms with Crippen LogP contribution in [-0.4, -0.2) is 32.0 Å². The highest BCUT2D eigenvalue weighted by molar-refractivity contribution is 7.87. The van der Waals surface area contributed by atoms with Crippen molar-refractivity contribution >= 4 is 16.1 Å². The Kier molecular flexibility index (Phi) is 8.01. The lowest BCUT2D eigenvalue weighted by molar-refractivity contribution is 0.183. The number of hydrogen-bond acceptors (Lipinski definition) is 5. The Morgan fingerprint density at radius 1 is 0.943 bits per heavy atom. The first-order valence-electron chi connectivity index (χ1n) is 10.9. The number of carbonyl (C=O) groups excluding carboxylic acids is 1. The Morgan fingerprint density at radius 3 is 2.17 bits per heavy atom. The molecule has 0 aliphatic rings. The van der Waals surface area contributed by atoms with Gasteiger partial charge < -0.3 is 19.1 Å². The summed E-state index contributed by atoms with van der Waals surface area (Å²) in [5, 5.41) is 2.92. The van der Waals surface area contributed by atoms with Crippen LogP contribution in [0.15, 0.2) is 77.7 Å². The Balaban J connectivity index is 1.88. The van der Waals surface area contributed by atoms with Crippen LogP contribution in [0.25, 0.3) is 0 Å². The van der Waals surface area contributed by atoms with Crippen LogP contribution in [0.5, 0.6) is 11.5 Å². The standard InChI is InChI=1S/C26H29FN2O5S/c1-26(2,3)28-25(30)29(17-19-9-11-21(27)12-10-19)18-20-7-5-6-8-24(20)34-35(31,32)23-15-13-22(33-4)14-16-23/h5-16H,17-18H2,1-4H3,(H,28,30). The van der Waals surface area contributed by atoms with Gasteiger partial charge in [-0.05, 0) is 68.8 Å². The molecule has 0 bridgehead atoms. The fourth-order valence-electron chi connectivity index (χ4n) is 3.24. The van der Waals surface area contributed by atoms with E-state index in [1.165, 1.54) is 54.5 Å². The predicted molar refractivity (Wildman–Crippen MR) is 131 cm³/mol. The topological polar surface area (TPSA) is 84.9 Å². The van der Waals surface area contributed by atoms with Gasteiger partial charge in [0.05, 0.1) is 13.7 Å². The molecule has 3 rings (SSSR count). The zero-order valence-electron chi connectivity index (χ0n) is 20.1. The van der Waals surface area contributed by atoms with Crippen LogP contribution in [-0.2, 0) is 23.2 Å². The highest BCUT2D eigenvalue weighted by Crippen LogP contribution is 2.26. The van der Waals surface area contributed by atoms with Crippen LogP contribution in [0.3, 0.4) is 0 Å². The lowest BCUT2D eigenvalue weighted by Gasteiger charge is -2.29. The van der Waals surface area contributed by atoms with Crippen molar-refractivity contribution in [3.8, 4) is 11.5 Å². The molecule has 0 spiro atoms. The summed E-state index contributed by atoms with van der Waals surface area (Å²) in [5.74, 6) is 0.253. The van der Waals surface area contributed by atoms with Gasteiger partial charge >= 0.3 is 16.1 Å². The molecule has 0 fully saturated rings. The van der Waals surface area contributed by atoms with Gasteiger partial charge in [-0.2, -0.15) is 8.42 Å². The minimum Gasteiger partial charge on any atom is -0.497 e. The fourth-order valence-corrected chi connectivity index (χ4v) is 4.20. The first kappa shape index (κ1) is 26.0. The maximum absolute atomic E-state index is 13.4. The van der Waals surface area contributed by atoms with E-state index in [1.54, 1.807) is 30.3 Å². The predicted octanol–water partition coefficient (Wildman–Crippen LogP) is 5.11. The lowest BCUT2D eigenvalue weighted by atomic mass is 10.1. The minimum atomic E-state index is -4.13. The molecule has 0 saturated carbocycles. The summed E-state index contributed by atoms with van der Waals surface area (Å²) < 4.78 is 49.7. The molecule has 3 aromatic rings. The van der Waals surface area contributed by atoms with Gasteiger partial charge in [0.15, 0.2) is 0 Å². The molecule has 2 amide bonds. The van der Waals surface area contributed by atoms with Crippen molar-refractivity contribution in [2.75, 3.05) is 7.11 Å². The quantitative estimate of drug-likeness (QED) is 0.435. The zero-order valence-corrected chi connectivity index (χ0v) is 20.9. The molecule has 0 saturated heterocycles. The monoisotopic (exact) mass is 500 g/mol. The van der Waals surface area contributed by atoms with E-state index in [-0.39, 0.29) is 35.6 Å². The zero-order chi connectivity index (χ0) is 25.6. The van der Waals surface area contributed by atoms with Crippen LogP contribution in [0.1, 0.15) is 31.9 Å². The molecule has 0 aliphatic heterocycles. The van der Waals surface area contributed by atoms with E-state index in [2.05, 4.69) is 5.32 Å². The van der Waals surface area contributed by atoms with E-state index in [4.69, 9.17) is 8.92 Å². The van der Waals surface area contributed by atoms with Crippen molar-refractivity contribution in [3.05, 3.63) is 89.7 Å². The van der Waals surface area contributed by atoms with Crippen molar-refractivity contribution in [2.24, 2.45) is 0 Å². The molecule has 0 aromatic heterocycles. The van der Waals surface area contributed by atoms with Gasteiger partial charge in [0, 0.05) is 17.6 Å². The molecule has 186 valence electrons. The summed E-state index contributed by atoms with van der Waals surface area (Å²) in [6, 6.07) is 18.0. The smallest absolute Gasteiger partial charge is 0.339 e. The number of halogens is 1. The van der Waals surface area contributed by atoms with Crippen LogP contribution >= 0.6 is 0 Å². The second-order valence-electron chi connectivity index (χ2n) is 8.98. The molecule has 0 atom stereocenters. The van der Waals surface area contributed by atoms with Crippen LogP contribution in [0.4, 0.5) is 9.18 Å². The Hall–Kier alpha value is -3.59. The summed E-state index contributed by atoms with van der Waals surface area (Å²) in [7, 11) is -2.64. The van der Waals surface area contributed by atoms with Crippen LogP contribution in [0, 0.1) is 5.82 Å². The lowest BCUT2D eigenvalue weighted by Crippen LogP contribution is -2.48.